The summed E-state index contributed by atoms with van der Waals surface area (Å²) in [4.78, 5) is 38.2. The van der Waals surface area contributed by atoms with Gasteiger partial charge in [-0.1, -0.05) is 54.4 Å². The molecule has 35 heavy (non-hydrogen) atoms. The fourth-order valence-electron chi connectivity index (χ4n) is 4.01. The first kappa shape index (κ1) is 24.6. The minimum Gasteiger partial charge on any atom is -0.352 e. The SMILES string of the molecule is Cc1ccc(CNC(=O)CCCCCn2c(=O)c3sccc3n(Cc3ccccc3F)c2=O)cc1. The molecule has 0 fully saturated rings. The van der Waals surface area contributed by atoms with Crippen LogP contribution in [0.25, 0.3) is 10.2 Å². The maximum absolute atomic E-state index is 14.2. The highest BCUT2D eigenvalue weighted by Gasteiger charge is 2.15. The van der Waals surface area contributed by atoms with Crippen LogP contribution >= 0.6 is 11.3 Å². The minimum atomic E-state index is -0.444. The topological polar surface area (TPSA) is 73.1 Å². The third-order valence-corrected chi connectivity index (χ3v) is 6.91. The molecule has 182 valence electrons. The van der Waals surface area contributed by atoms with Crippen LogP contribution in [-0.4, -0.2) is 15.0 Å². The number of amides is 1. The van der Waals surface area contributed by atoms with Gasteiger partial charge in [-0.2, -0.15) is 0 Å². The molecular formula is C27H28FN3O3S. The molecule has 1 amide bonds. The zero-order valence-corrected chi connectivity index (χ0v) is 20.4. The van der Waals surface area contributed by atoms with Crippen LogP contribution in [0, 0.1) is 12.7 Å². The van der Waals surface area contributed by atoms with E-state index in [-0.39, 0.29) is 30.4 Å². The average Bonchev–Trinajstić information content (AvgIpc) is 3.34. The Morgan fingerprint density at radius 3 is 2.51 bits per heavy atom. The molecule has 0 saturated heterocycles. The molecule has 0 radical (unpaired) electrons. The Labute approximate surface area is 206 Å². The molecule has 8 heteroatoms. The number of benzene rings is 2. The number of fused-ring (bicyclic) bond motifs is 1. The highest BCUT2D eigenvalue weighted by molar-refractivity contribution is 7.17. The second kappa shape index (κ2) is 11.3. The van der Waals surface area contributed by atoms with Crippen molar-refractivity contribution < 1.29 is 9.18 Å². The Hall–Kier alpha value is -3.52. The molecule has 0 unspecified atom stereocenters. The highest BCUT2D eigenvalue weighted by atomic mass is 32.1. The Bertz CT molecular complexity index is 1440. The number of carbonyl (C=O) groups is 1. The summed E-state index contributed by atoms with van der Waals surface area (Å²) in [5.74, 6) is -0.406. The van der Waals surface area contributed by atoms with Crippen molar-refractivity contribution in [3.05, 3.63) is 103 Å². The zero-order chi connectivity index (χ0) is 24.8. The number of halogens is 1. The van der Waals surface area contributed by atoms with Gasteiger partial charge in [-0.05, 0) is 42.8 Å². The van der Waals surface area contributed by atoms with Crippen molar-refractivity contribution >= 4 is 27.5 Å². The predicted molar refractivity (Wildman–Crippen MR) is 137 cm³/mol. The fraction of sp³-hybridized carbons (Fsp3) is 0.296. The van der Waals surface area contributed by atoms with E-state index in [0.29, 0.717) is 48.0 Å². The van der Waals surface area contributed by atoms with Gasteiger partial charge in [0.1, 0.15) is 10.5 Å². The smallest absolute Gasteiger partial charge is 0.331 e. The molecule has 1 N–H and O–H groups in total. The summed E-state index contributed by atoms with van der Waals surface area (Å²) >= 11 is 1.28. The number of unbranched alkanes of at least 4 members (excludes halogenated alkanes) is 2. The molecule has 0 aliphatic rings. The monoisotopic (exact) mass is 493 g/mol. The van der Waals surface area contributed by atoms with Crippen LogP contribution in [0.15, 0.2) is 69.6 Å². The number of hydrogen-bond donors (Lipinski definition) is 1. The van der Waals surface area contributed by atoms with E-state index in [9.17, 15) is 18.8 Å². The third-order valence-electron chi connectivity index (χ3n) is 6.02. The number of nitrogens with one attached hydrogen (secondary N) is 1. The van der Waals surface area contributed by atoms with Crippen molar-refractivity contribution in [2.45, 2.75) is 52.2 Å². The van der Waals surface area contributed by atoms with E-state index in [1.54, 1.807) is 29.6 Å². The molecule has 0 aliphatic heterocycles. The van der Waals surface area contributed by atoms with Crippen molar-refractivity contribution in [2.24, 2.45) is 0 Å². The van der Waals surface area contributed by atoms with Crippen LogP contribution in [0.4, 0.5) is 4.39 Å². The summed E-state index contributed by atoms with van der Waals surface area (Å²) < 4.78 is 17.4. The highest BCUT2D eigenvalue weighted by Crippen LogP contribution is 2.17. The first-order chi connectivity index (χ1) is 16.9. The van der Waals surface area contributed by atoms with E-state index >= 15 is 0 Å². The van der Waals surface area contributed by atoms with Crippen LogP contribution in [0.5, 0.6) is 0 Å². The van der Waals surface area contributed by atoms with Crippen LogP contribution in [0.3, 0.4) is 0 Å². The minimum absolute atomic E-state index is 0.0185. The molecule has 2 aromatic carbocycles. The van der Waals surface area contributed by atoms with Crippen LogP contribution in [0.1, 0.15) is 42.4 Å². The Kier molecular flexibility index (Phi) is 7.92. The molecule has 6 nitrogen and oxygen atoms in total. The number of nitrogens with zero attached hydrogens (tertiary/aromatic N) is 2. The molecule has 4 rings (SSSR count). The van der Waals surface area contributed by atoms with Gasteiger partial charge < -0.3 is 5.32 Å². The number of carbonyl (C=O) groups excluding carboxylic acids is 1. The summed E-state index contributed by atoms with van der Waals surface area (Å²) in [7, 11) is 0. The van der Waals surface area contributed by atoms with Gasteiger partial charge in [-0.25, -0.2) is 9.18 Å². The van der Waals surface area contributed by atoms with E-state index in [2.05, 4.69) is 5.32 Å². The van der Waals surface area contributed by atoms with Crippen LogP contribution < -0.4 is 16.6 Å². The first-order valence-corrected chi connectivity index (χ1v) is 12.6. The second-order valence-electron chi connectivity index (χ2n) is 8.62. The predicted octanol–water partition coefficient (Wildman–Crippen LogP) is 4.60. The summed E-state index contributed by atoms with van der Waals surface area (Å²) in [6, 6.07) is 16.1. The molecular weight excluding hydrogens is 465 g/mol. The molecule has 0 spiro atoms. The fourth-order valence-corrected chi connectivity index (χ4v) is 4.85. The Balaban J connectivity index is 1.35. The lowest BCUT2D eigenvalue weighted by molar-refractivity contribution is -0.121. The van der Waals surface area contributed by atoms with Gasteiger partial charge in [0.2, 0.25) is 5.91 Å². The molecule has 4 aromatic rings. The number of hydrogen-bond acceptors (Lipinski definition) is 4. The van der Waals surface area contributed by atoms with Crippen molar-refractivity contribution in [1.29, 1.82) is 0 Å². The van der Waals surface area contributed by atoms with E-state index in [0.717, 1.165) is 5.56 Å². The lowest BCUT2D eigenvalue weighted by atomic mass is 10.1. The molecule has 2 aromatic heterocycles. The molecule has 0 saturated carbocycles. The van der Waals surface area contributed by atoms with Crippen molar-refractivity contribution in [3.63, 3.8) is 0 Å². The number of rotatable bonds is 10. The van der Waals surface area contributed by atoms with E-state index in [1.165, 1.54) is 32.1 Å². The normalized spacial score (nSPS) is 11.1. The number of aromatic nitrogens is 2. The van der Waals surface area contributed by atoms with Crippen LogP contribution in [-0.2, 0) is 24.4 Å². The van der Waals surface area contributed by atoms with E-state index in [1.807, 2.05) is 31.2 Å². The van der Waals surface area contributed by atoms with Crippen molar-refractivity contribution in [3.8, 4) is 0 Å². The zero-order valence-electron chi connectivity index (χ0n) is 19.6. The molecule has 0 bridgehead atoms. The van der Waals surface area contributed by atoms with Gasteiger partial charge in [0.15, 0.2) is 0 Å². The largest absolute Gasteiger partial charge is 0.352 e. The summed E-state index contributed by atoms with van der Waals surface area (Å²) in [6.07, 6.45) is 2.36. The van der Waals surface area contributed by atoms with E-state index < -0.39 is 5.69 Å². The van der Waals surface area contributed by atoms with Gasteiger partial charge in [0.05, 0.1) is 12.1 Å². The second-order valence-corrected chi connectivity index (χ2v) is 9.54. The number of aryl methyl sites for hydroxylation is 1. The first-order valence-electron chi connectivity index (χ1n) is 11.7. The van der Waals surface area contributed by atoms with Crippen molar-refractivity contribution in [2.75, 3.05) is 0 Å². The third kappa shape index (κ3) is 5.95. The molecule has 0 aliphatic carbocycles. The van der Waals surface area contributed by atoms with Crippen LogP contribution in [0.2, 0.25) is 0 Å². The van der Waals surface area contributed by atoms with E-state index in [4.69, 9.17) is 0 Å². The summed E-state index contributed by atoms with van der Waals surface area (Å²) in [5.41, 5.74) is 2.38. The summed E-state index contributed by atoms with van der Waals surface area (Å²) in [5, 5.41) is 4.69. The Morgan fingerprint density at radius 1 is 0.971 bits per heavy atom. The standard InChI is InChI=1S/C27H28FN3O3S/c1-19-10-12-20(13-11-19)17-29-24(32)9-3-2-6-15-30-26(33)25-23(14-16-35-25)31(27(30)34)18-21-7-4-5-8-22(21)28/h4-5,7-8,10-14,16H,2-3,6,9,15,17-18H2,1H3,(H,29,32). The molecule has 0 atom stereocenters. The van der Waals surface area contributed by atoms with Gasteiger partial charge in [-0.3, -0.25) is 18.7 Å². The lowest BCUT2D eigenvalue weighted by Gasteiger charge is -2.13. The maximum atomic E-state index is 14.2. The Morgan fingerprint density at radius 2 is 1.74 bits per heavy atom. The van der Waals surface area contributed by atoms with Crippen molar-refractivity contribution in [1.82, 2.24) is 14.5 Å². The summed E-state index contributed by atoms with van der Waals surface area (Å²) in [6.45, 7) is 2.83. The average molecular weight is 494 g/mol. The lowest BCUT2D eigenvalue weighted by Crippen LogP contribution is -2.40. The van der Waals surface area contributed by atoms with Gasteiger partial charge >= 0.3 is 5.69 Å². The maximum Gasteiger partial charge on any atom is 0.331 e. The van der Waals surface area contributed by atoms with Gasteiger partial charge in [0.25, 0.3) is 5.56 Å². The van der Waals surface area contributed by atoms with Gasteiger partial charge in [-0.15, -0.1) is 11.3 Å². The molecule has 2 heterocycles. The number of thiophene rings is 1. The quantitative estimate of drug-likeness (QED) is 0.328. The van der Waals surface area contributed by atoms with Gasteiger partial charge in [0, 0.05) is 25.1 Å².